The molecule has 2 aromatic carbocycles. The van der Waals surface area contributed by atoms with Gasteiger partial charge in [-0.25, -0.2) is 0 Å². The fraction of sp³-hybridized carbons (Fsp3) is 0.176. The number of hydrogen-bond donors (Lipinski definition) is 0. The summed E-state index contributed by atoms with van der Waals surface area (Å²) in [6.07, 6.45) is 0. The molecule has 1 heterocycles. The fourth-order valence-electron chi connectivity index (χ4n) is 2.19. The summed E-state index contributed by atoms with van der Waals surface area (Å²) < 4.78 is 5.46. The van der Waals surface area contributed by atoms with Gasteiger partial charge in [0.1, 0.15) is 0 Å². The Morgan fingerprint density at radius 2 is 1.48 bits per heavy atom. The molecule has 0 atom stereocenters. The van der Waals surface area contributed by atoms with Crippen molar-refractivity contribution in [2.75, 3.05) is 0 Å². The van der Waals surface area contributed by atoms with E-state index in [1.54, 1.807) is 11.8 Å². The minimum Gasteiger partial charge on any atom is -0.425 e. The third-order valence-corrected chi connectivity index (χ3v) is 4.44. The van der Waals surface area contributed by atoms with Crippen LogP contribution in [0, 0.1) is 6.92 Å². The van der Waals surface area contributed by atoms with Crippen LogP contribution < -0.4 is 0 Å². The molecule has 0 aliphatic rings. The second-order valence-electron chi connectivity index (χ2n) is 4.73. The number of aryl methyl sites for hydroxylation is 1. The van der Waals surface area contributed by atoms with Gasteiger partial charge in [-0.05, 0) is 11.1 Å². The number of benzene rings is 2. The molecule has 1 aromatic heterocycles. The van der Waals surface area contributed by atoms with Crippen LogP contribution in [0.1, 0.15) is 28.2 Å². The van der Waals surface area contributed by atoms with E-state index >= 15 is 0 Å². The Hall–Kier alpha value is -2.07. The third kappa shape index (κ3) is 3.52. The smallest absolute Gasteiger partial charge is 0.226 e. The van der Waals surface area contributed by atoms with Gasteiger partial charge in [0.2, 0.25) is 11.8 Å². The van der Waals surface area contributed by atoms with Crippen molar-refractivity contribution >= 4 is 11.8 Å². The highest BCUT2D eigenvalue weighted by atomic mass is 32.2. The Bertz CT molecular complexity index is 643. The molecular weight excluding hydrogens is 280 g/mol. The van der Waals surface area contributed by atoms with Gasteiger partial charge in [-0.15, -0.1) is 22.0 Å². The molecule has 0 spiro atoms. The molecule has 0 aliphatic heterocycles. The molecule has 0 saturated carbocycles. The zero-order valence-electron chi connectivity index (χ0n) is 11.8. The largest absolute Gasteiger partial charge is 0.425 e. The number of rotatable bonds is 5. The zero-order valence-corrected chi connectivity index (χ0v) is 12.6. The predicted octanol–water partition coefficient (Wildman–Crippen LogP) is 4.40. The van der Waals surface area contributed by atoms with Crippen molar-refractivity contribution in [2.45, 2.75) is 17.9 Å². The molecule has 0 aliphatic carbocycles. The van der Waals surface area contributed by atoms with E-state index in [-0.39, 0.29) is 5.25 Å². The summed E-state index contributed by atoms with van der Waals surface area (Å²) in [5.74, 6) is 1.99. The molecule has 21 heavy (non-hydrogen) atoms. The topological polar surface area (TPSA) is 38.9 Å². The summed E-state index contributed by atoms with van der Waals surface area (Å²) >= 11 is 1.80. The van der Waals surface area contributed by atoms with Gasteiger partial charge in [0.15, 0.2) is 0 Å². The van der Waals surface area contributed by atoms with Gasteiger partial charge in [-0.1, -0.05) is 60.7 Å². The molecule has 0 bridgehead atoms. The monoisotopic (exact) mass is 296 g/mol. The Kier molecular flexibility index (Phi) is 4.36. The first kappa shape index (κ1) is 13.9. The number of aromatic nitrogens is 2. The molecule has 0 fully saturated rings. The van der Waals surface area contributed by atoms with E-state index in [4.69, 9.17) is 4.42 Å². The van der Waals surface area contributed by atoms with Crippen LogP contribution >= 0.6 is 11.8 Å². The summed E-state index contributed by atoms with van der Waals surface area (Å²) in [6, 6.07) is 21.0. The lowest BCUT2D eigenvalue weighted by molar-refractivity contribution is 0.485. The Morgan fingerprint density at radius 1 is 0.905 bits per heavy atom. The van der Waals surface area contributed by atoms with Crippen molar-refractivity contribution in [2.24, 2.45) is 0 Å². The normalized spacial score (nSPS) is 11.0. The molecule has 0 radical (unpaired) electrons. The molecule has 0 amide bonds. The average molecular weight is 296 g/mol. The van der Waals surface area contributed by atoms with E-state index in [0.29, 0.717) is 17.5 Å². The summed E-state index contributed by atoms with van der Waals surface area (Å²) in [4.78, 5) is 0. The second-order valence-corrected chi connectivity index (χ2v) is 5.82. The molecule has 3 rings (SSSR count). The number of thioether (sulfide) groups is 1. The standard InChI is InChI=1S/C17H16N2OS/c1-13-18-19-16(20-13)12-21-17(14-8-4-2-5-9-14)15-10-6-3-7-11-15/h2-11,17H,12H2,1H3. The van der Waals surface area contributed by atoms with Gasteiger partial charge >= 0.3 is 0 Å². The molecule has 0 saturated heterocycles. The predicted molar refractivity (Wildman–Crippen MR) is 85.1 cm³/mol. The Labute approximate surface area is 128 Å². The van der Waals surface area contributed by atoms with E-state index in [2.05, 4.69) is 58.7 Å². The van der Waals surface area contributed by atoms with Crippen molar-refractivity contribution in [3.8, 4) is 0 Å². The lowest BCUT2D eigenvalue weighted by atomic mass is 10.0. The number of hydrogen-bond acceptors (Lipinski definition) is 4. The quantitative estimate of drug-likeness (QED) is 0.699. The molecule has 0 unspecified atom stereocenters. The van der Waals surface area contributed by atoms with Crippen LogP contribution in [0.4, 0.5) is 0 Å². The van der Waals surface area contributed by atoms with Gasteiger partial charge in [-0.3, -0.25) is 0 Å². The second kappa shape index (κ2) is 6.59. The highest BCUT2D eigenvalue weighted by Gasteiger charge is 2.16. The van der Waals surface area contributed by atoms with Crippen LogP contribution in [-0.2, 0) is 5.75 Å². The average Bonchev–Trinajstić information content (AvgIpc) is 2.95. The number of nitrogens with zero attached hydrogens (tertiary/aromatic N) is 2. The van der Waals surface area contributed by atoms with Crippen LogP contribution in [0.15, 0.2) is 65.1 Å². The summed E-state index contributed by atoms with van der Waals surface area (Å²) in [5, 5.41) is 8.21. The van der Waals surface area contributed by atoms with Gasteiger partial charge in [0.25, 0.3) is 0 Å². The lowest BCUT2D eigenvalue weighted by Gasteiger charge is -2.16. The van der Waals surface area contributed by atoms with Crippen molar-refractivity contribution in [3.05, 3.63) is 83.6 Å². The summed E-state index contributed by atoms with van der Waals surface area (Å²) in [7, 11) is 0. The van der Waals surface area contributed by atoms with Gasteiger partial charge in [-0.2, -0.15) is 0 Å². The van der Waals surface area contributed by atoms with E-state index < -0.39 is 0 Å². The molecule has 106 valence electrons. The van der Waals surface area contributed by atoms with Crippen molar-refractivity contribution in [3.63, 3.8) is 0 Å². The molecule has 0 N–H and O–H groups in total. The van der Waals surface area contributed by atoms with Crippen LogP contribution in [0.2, 0.25) is 0 Å². The molecular formula is C17H16N2OS. The summed E-state index contributed by atoms with van der Waals surface area (Å²) in [5.41, 5.74) is 2.56. The minimum absolute atomic E-state index is 0.264. The zero-order chi connectivity index (χ0) is 14.5. The van der Waals surface area contributed by atoms with Crippen LogP contribution in [0.25, 0.3) is 0 Å². The van der Waals surface area contributed by atoms with Crippen LogP contribution in [0.3, 0.4) is 0 Å². The van der Waals surface area contributed by atoms with E-state index in [0.717, 1.165) is 0 Å². The van der Waals surface area contributed by atoms with Gasteiger partial charge < -0.3 is 4.42 Å². The fourth-order valence-corrected chi connectivity index (χ4v) is 3.32. The van der Waals surface area contributed by atoms with Crippen LogP contribution in [0.5, 0.6) is 0 Å². The van der Waals surface area contributed by atoms with E-state index in [1.165, 1.54) is 11.1 Å². The van der Waals surface area contributed by atoms with Gasteiger partial charge in [0, 0.05) is 6.92 Å². The highest BCUT2D eigenvalue weighted by molar-refractivity contribution is 7.98. The maximum absolute atomic E-state index is 5.46. The Morgan fingerprint density at radius 3 is 1.95 bits per heavy atom. The maximum Gasteiger partial charge on any atom is 0.226 e. The van der Waals surface area contributed by atoms with E-state index in [1.807, 2.05) is 19.1 Å². The van der Waals surface area contributed by atoms with Gasteiger partial charge in [0.05, 0.1) is 11.0 Å². The lowest BCUT2D eigenvalue weighted by Crippen LogP contribution is -1.97. The maximum atomic E-state index is 5.46. The first-order valence-electron chi connectivity index (χ1n) is 6.83. The highest BCUT2D eigenvalue weighted by Crippen LogP contribution is 2.37. The molecule has 3 aromatic rings. The van der Waals surface area contributed by atoms with Crippen LogP contribution in [-0.4, -0.2) is 10.2 Å². The molecule has 3 nitrogen and oxygen atoms in total. The SMILES string of the molecule is Cc1nnc(CSC(c2ccccc2)c2ccccc2)o1. The molecule has 4 heteroatoms. The first-order chi connectivity index (χ1) is 10.3. The summed E-state index contributed by atoms with van der Waals surface area (Å²) in [6.45, 7) is 1.81. The van der Waals surface area contributed by atoms with Crippen molar-refractivity contribution < 1.29 is 4.42 Å². The third-order valence-electron chi connectivity index (χ3n) is 3.15. The first-order valence-corrected chi connectivity index (χ1v) is 7.88. The van der Waals surface area contributed by atoms with E-state index in [9.17, 15) is 0 Å². The minimum atomic E-state index is 0.264. The van der Waals surface area contributed by atoms with Crippen molar-refractivity contribution in [1.29, 1.82) is 0 Å². The Balaban J connectivity index is 1.83. The van der Waals surface area contributed by atoms with Crippen molar-refractivity contribution in [1.82, 2.24) is 10.2 Å².